The Kier molecular flexibility index (Phi) is 1.81. The third-order valence-electron chi connectivity index (χ3n) is 1.86. The monoisotopic (exact) mass is 163 g/mol. The van der Waals surface area contributed by atoms with E-state index in [1.54, 1.807) is 0 Å². The fourth-order valence-electron chi connectivity index (χ4n) is 1.06. The Morgan fingerprint density at radius 3 is 1.90 bits per heavy atom. The molecule has 0 saturated carbocycles. The molecule has 0 spiro atoms. The van der Waals surface area contributed by atoms with E-state index in [0.717, 1.165) is 0 Å². The van der Waals surface area contributed by atoms with Gasteiger partial charge in [0.1, 0.15) is 5.41 Å². The molecule has 1 fully saturated rings. The molecule has 1 aliphatic rings. The molecule has 0 aromatic rings. The predicted molar refractivity (Wildman–Crippen MR) is 44.9 cm³/mol. The summed E-state index contributed by atoms with van der Waals surface area (Å²) < 4.78 is 12.9. The number of halogens is 1. The smallest absolute Gasteiger partial charge is 0.148 e. The van der Waals surface area contributed by atoms with Gasteiger partial charge in [-0.15, -0.1) is 0 Å². The molecular weight excluding hydrogens is 148 g/mol. The van der Waals surface area contributed by atoms with Crippen molar-refractivity contribution >= 4 is 9.24 Å². The van der Waals surface area contributed by atoms with Crippen LogP contribution >= 0.6 is 9.24 Å². The Morgan fingerprint density at radius 1 is 1.40 bits per heavy atom. The minimum Gasteiger partial charge on any atom is -0.291 e. The first-order valence-electron chi connectivity index (χ1n) is 3.54. The van der Waals surface area contributed by atoms with E-state index in [1.165, 1.54) is 0 Å². The highest BCUT2D eigenvalue weighted by molar-refractivity contribution is 7.18. The Balaban J connectivity index is 2.40. The zero-order chi connectivity index (χ0) is 7.99. The van der Waals surface area contributed by atoms with Crippen LogP contribution in [0.1, 0.15) is 20.8 Å². The van der Waals surface area contributed by atoms with Crippen LogP contribution in [0.3, 0.4) is 0 Å². The number of likely N-dealkylation sites (tertiary alicyclic amines) is 1. The van der Waals surface area contributed by atoms with Gasteiger partial charge in [-0.2, -0.15) is 0 Å². The fraction of sp³-hybridized carbons (Fsp3) is 1.00. The topological polar surface area (TPSA) is 3.24 Å². The third-order valence-corrected chi connectivity index (χ3v) is 2.22. The van der Waals surface area contributed by atoms with Gasteiger partial charge in [0.2, 0.25) is 0 Å². The molecule has 1 atom stereocenters. The van der Waals surface area contributed by atoms with E-state index in [0.29, 0.717) is 13.1 Å². The Bertz CT molecular complexity index is 131. The minimum absolute atomic E-state index is 0.131. The fourth-order valence-corrected chi connectivity index (χ4v) is 1.50. The summed E-state index contributed by atoms with van der Waals surface area (Å²) in [5, 5.41) is -1.01. The highest BCUT2D eigenvalue weighted by atomic mass is 31.0. The number of alkyl halides is 1. The summed E-state index contributed by atoms with van der Waals surface area (Å²) in [6.07, 6.45) is 0. The van der Waals surface area contributed by atoms with Crippen molar-refractivity contribution in [2.45, 2.75) is 31.7 Å². The second-order valence-corrected chi connectivity index (χ2v) is 5.10. The molecule has 1 saturated heterocycles. The van der Waals surface area contributed by atoms with Gasteiger partial charge in [-0.3, -0.25) is 4.90 Å². The maximum atomic E-state index is 12.9. The lowest BCUT2D eigenvalue weighted by Gasteiger charge is -2.49. The zero-order valence-electron chi connectivity index (χ0n) is 6.82. The van der Waals surface area contributed by atoms with Gasteiger partial charge in [-0.05, 0) is 20.8 Å². The summed E-state index contributed by atoms with van der Waals surface area (Å²) in [5.41, 5.74) is 0.131. The third kappa shape index (κ3) is 1.67. The molecule has 1 nitrogen and oxygen atoms in total. The molecule has 60 valence electrons. The quantitative estimate of drug-likeness (QED) is 0.491. The van der Waals surface area contributed by atoms with Crippen molar-refractivity contribution in [3.05, 3.63) is 0 Å². The summed E-state index contributed by atoms with van der Waals surface area (Å²) >= 11 is 0. The molecule has 1 heterocycles. The van der Waals surface area contributed by atoms with Crippen molar-refractivity contribution in [3.63, 3.8) is 0 Å². The molecule has 0 radical (unpaired) electrons. The second-order valence-electron chi connectivity index (χ2n) is 4.06. The average Bonchev–Trinajstić information content (AvgIpc) is 1.56. The van der Waals surface area contributed by atoms with Gasteiger partial charge in [0, 0.05) is 18.6 Å². The largest absolute Gasteiger partial charge is 0.291 e. The number of hydrogen-bond acceptors (Lipinski definition) is 1. The molecular formula is C7H15FNP. The van der Waals surface area contributed by atoms with E-state index in [-0.39, 0.29) is 5.54 Å². The van der Waals surface area contributed by atoms with Crippen LogP contribution in [0.4, 0.5) is 4.39 Å². The van der Waals surface area contributed by atoms with E-state index in [9.17, 15) is 4.39 Å². The number of hydrogen-bond donors (Lipinski definition) is 0. The summed E-state index contributed by atoms with van der Waals surface area (Å²) in [7, 11) is 2.25. The maximum absolute atomic E-state index is 12.9. The van der Waals surface area contributed by atoms with Crippen molar-refractivity contribution in [2.75, 3.05) is 13.1 Å². The molecule has 1 aliphatic heterocycles. The first-order chi connectivity index (χ1) is 4.31. The molecule has 0 aromatic carbocycles. The molecule has 0 bridgehead atoms. The number of rotatable bonds is 0. The molecule has 1 unspecified atom stereocenters. The van der Waals surface area contributed by atoms with Gasteiger partial charge >= 0.3 is 0 Å². The van der Waals surface area contributed by atoms with Gasteiger partial charge in [-0.25, -0.2) is 4.39 Å². The SMILES string of the molecule is CC(C)(C)N1CC(F)(P)C1. The van der Waals surface area contributed by atoms with E-state index < -0.39 is 5.41 Å². The Morgan fingerprint density at radius 2 is 1.80 bits per heavy atom. The zero-order valence-corrected chi connectivity index (χ0v) is 7.97. The predicted octanol–water partition coefficient (Wildman–Crippen LogP) is 1.64. The standard InChI is InChI=1S/C7H15FNP/c1-6(2,3)9-4-7(8,10)5-9/h4-5,10H2,1-3H3. The summed E-state index contributed by atoms with van der Waals surface area (Å²) in [6, 6.07) is 0. The molecule has 0 N–H and O–H groups in total. The van der Waals surface area contributed by atoms with Crippen LogP contribution in [-0.2, 0) is 0 Å². The molecule has 10 heavy (non-hydrogen) atoms. The molecule has 0 amide bonds. The van der Waals surface area contributed by atoms with Crippen LogP contribution in [0.5, 0.6) is 0 Å². The van der Waals surface area contributed by atoms with Crippen LogP contribution in [0.25, 0.3) is 0 Å². The highest BCUT2D eigenvalue weighted by Gasteiger charge is 2.43. The van der Waals surface area contributed by atoms with Gasteiger partial charge in [0.25, 0.3) is 0 Å². The van der Waals surface area contributed by atoms with Crippen molar-refractivity contribution in [3.8, 4) is 0 Å². The first-order valence-corrected chi connectivity index (χ1v) is 4.12. The highest BCUT2D eigenvalue weighted by Crippen LogP contribution is 2.36. The normalized spacial score (nSPS) is 26.1. The van der Waals surface area contributed by atoms with Gasteiger partial charge in [0.15, 0.2) is 0 Å². The van der Waals surface area contributed by atoms with Crippen molar-refractivity contribution < 1.29 is 4.39 Å². The molecule has 0 aromatic heterocycles. The van der Waals surface area contributed by atoms with Crippen LogP contribution < -0.4 is 0 Å². The van der Waals surface area contributed by atoms with Crippen molar-refractivity contribution in [1.82, 2.24) is 4.90 Å². The Hall–Kier alpha value is 0.320. The molecule has 3 heteroatoms. The summed E-state index contributed by atoms with van der Waals surface area (Å²) in [4.78, 5) is 2.12. The van der Waals surface area contributed by atoms with E-state index >= 15 is 0 Å². The van der Waals surface area contributed by atoms with Crippen LogP contribution in [-0.4, -0.2) is 28.9 Å². The van der Waals surface area contributed by atoms with Crippen LogP contribution in [0, 0.1) is 0 Å². The summed E-state index contributed by atoms with van der Waals surface area (Å²) in [5.74, 6) is 0. The van der Waals surface area contributed by atoms with Crippen molar-refractivity contribution in [2.24, 2.45) is 0 Å². The lowest BCUT2D eigenvalue weighted by Crippen LogP contribution is -2.61. The van der Waals surface area contributed by atoms with Gasteiger partial charge in [-0.1, -0.05) is 9.24 Å². The minimum atomic E-state index is -1.01. The second kappa shape index (κ2) is 2.15. The van der Waals surface area contributed by atoms with E-state index in [2.05, 4.69) is 34.9 Å². The number of nitrogens with zero attached hydrogens (tertiary/aromatic N) is 1. The average molecular weight is 163 g/mol. The molecule has 1 rings (SSSR count). The van der Waals surface area contributed by atoms with Crippen LogP contribution in [0.15, 0.2) is 0 Å². The molecule has 0 aliphatic carbocycles. The van der Waals surface area contributed by atoms with E-state index in [1.807, 2.05) is 0 Å². The van der Waals surface area contributed by atoms with Gasteiger partial charge in [0.05, 0.1) is 0 Å². The first kappa shape index (κ1) is 8.42. The Labute approximate surface area is 64.2 Å². The van der Waals surface area contributed by atoms with E-state index in [4.69, 9.17) is 0 Å². The lowest BCUT2D eigenvalue weighted by atomic mass is 10.00. The van der Waals surface area contributed by atoms with Crippen LogP contribution in [0.2, 0.25) is 0 Å². The van der Waals surface area contributed by atoms with Crippen molar-refractivity contribution in [1.29, 1.82) is 0 Å². The lowest BCUT2D eigenvalue weighted by molar-refractivity contribution is -0.0257. The summed E-state index contributed by atoms with van der Waals surface area (Å²) in [6.45, 7) is 7.43. The maximum Gasteiger partial charge on any atom is 0.148 e. The van der Waals surface area contributed by atoms with Gasteiger partial charge < -0.3 is 0 Å².